The third-order valence-corrected chi connectivity index (χ3v) is 11.4. The molecule has 0 aromatic rings. The number of rotatable bonds is 28. The van der Waals surface area contributed by atoms with Gasteiger partial charge < -0.3 is 0 Å². The first-order chi connectivity index (χ1) is 22.3. The van der Waals surface area contributed by atoms with Crippen LogP contribution < -0.4 is 0 Å². The van der Waals surface area contributed by atoms with Gasteiger partial charge in [-0.05, 0) is 71.0 Å². The van der Waals surface area contributed by atoms with Crippen LogP contribution in [0.3, 0.4) is 0 Å². The molecule has 6 unspecified atom stereocenters. The summed E-state index contributed by atoms with van der Waals surface area (Å²) in [6.45, 7) is 38.4. The van der Waals surface area contributed by atoms with Crippen molar-refractivity contribution in [3.8, 4) is 0 Å². The van der Waals surface area contributed by atoms with Crippen LogP contribution in [0.2, 0.25) is 0 Å². The summed E-state index contributed by atoms with van der Waals surface area (Å²) < 4.78 is 0. The summed E-state index contributed by atoms with van der Waals surface area (Å²) in [6.07, 6.45) is 31.5. The number of hydrogen-bond acceptors (Lipinski definition) is 0. The molecule has 0 amide bonds. The molecule has 0 spiro atoms. The van der Waals surface area contributed by atoms with Gasteiger partial charge in [-0.3, -0.25) is 0 Å². The van der Waals surface area contributed by atoms with Crippen LogP contribution in [0.25, 0.3) is 0 Å². The Hall–Kier alpha value is 0. The summed E-state index contributed by atoms with van der Waals surface area (Å²) in [5, 5.41) is 0. The normalized spacial score (nSPS) is 16.4. The highest BCUT2D eigenvalue weighted by Gasteiger charge is 2.20. The summed E-state index contributed by atoms with van der Waals surface area (Å²) in [5.41, 5.74) is 0.980. The molecule has 0 heteroatoms. The van der Waals surface area contributed by atoms with E-state index in [0.717, 1.165) is 47.3 Å². The Morgan fingerprint density at radius 1 is 0.312 bits per heavy atom. The second kappa shape index (κ2) is 29.6. The van der Waals surface area contributed by atoms with Crippen molar-refractivity contribution < 1.29 is 0 Å². The van der Waals surface area contributed by atoms with Crippen molar-refractivity contribution in [3.05, 3.63) is 0 Å². The van der Waals surface area contributed by atoms with Crippen LogP contribution >= 0.6 is 0 Å². The zero-order chi connectivity index (χ0) is 37.2. The van der Waals surface area contributed by atoms with E-state index in [4.69, 9.17) is 0 Å². The summed E-state index contributed by atoms with van der Waals surface area (Å²) in [7, 11) is 0. The van der Waals surface area contributed by atoms with Crippen LogP contribution in [0, 0.1) is 58.2 Å². The van der Waals surface area contributed by atoms with Gasteiger partial charge in [0.15, 0.2) is 0 Å². The molecular weight excluding hydrogens is 577 g/mol. The zero-order valence-corrected chi connectivity index (χ0v) is 37.2. The molecule has 0 fully saturated rings. The highest BCUT2D eigenvalue weighted by atomic mass is 14.3. The highest BCUT2D eigenvalue weighted by molar-refractivity contribution is 4.72. The van der Waals surface area contributed by atoms with Gasteiger partial charge in [-0.1, -0.05) is 239 Å². The molecule has 0 radical (unpaired) electrons. The molecule has 0 rings (SSSR count). The smallest absolute Gasteiger partial charge is 0.0380 e. The van der Waals surface area contributed by atoms with E-state index in [9.17, 15) is 0 Å². The molecule has 0 N–H and O–H groups in total. The molecule has 48 heavy (non-hydrogen) atoms. The summed E-state index contributed by atoms with van der Waals surface area (Å²) in [5.74, 6) is 7.35. The summed E-state index contributed by atoms with van der Waals surface area (Å²) in [4.78, 5) is 0. The average molecular weight is 677 g/mol. The Kier molecular flexibility index (Phi) is 30.9. The maximum absolute atomic E-state index is 2.48. The molecule has 0 nitrogen and oxygen atoms in total. The second-order valence-corrected chi connectivity index (χ2v) is 20.9. The van der Waals surface area contributed by atoms with E-state index in [0.29, 0.717) is 10.8 Å². The van der Waals surface area contributed by atoms with Gasteiger partial charge in [0.1, 0.15) is 0 Å². The first kappa shape index (κ1) is 50.1. The summed E-state index contributed by atoms with van der Waals surface area (Å²) in [6, 6.07) is 0. The van der Waals surface area contributed by atoms with Crippen molar-refractivity contribution in [2.45, 2.75) is 252 Å². The maximum Gasteiger partial charge on any atom is -0.0380 e. The zero-order valence-electron chi connectivity index (χ0n) is 37.2. The number of hydrogen-bond donors (Lipinski definition) is 0. The van der Waals surface area contributed by atoms with E-state index in [1.165, 1.54) is 141 Å². The van der Waals surface area contributed by atoms with E-state index in [2.05, 4.69) is 111 Å². The third kappa shape index (κ3) is 37.3. The first-order valence-corrected chi connectivity index (χ1v) is 22.3. The van der Waals surface area contributed by atoms with Gasteiger partial charge in [-0.2, -0.15) is 0 Å². The molecule has 292 valence electrons. The van der Waals surface area contributed by atoms with Gasteiger partial charge in [0.25, 0.3) is 0 Å². The molecule has 0 saturated heterocycles. The average Bonchev–Trinajstić information content (AvgIpc) is 2.95. The second-order valence-electron chi connectivity index (χ2n) is 20.9. The molecule has 0 aromatic carbocycles. The Bertz CT molecular complexity index is 657. The third-order valence-electron chi connectivity index (χ3n) is 11.4. The molecule has 0 aliphatic heterocycles. The van der Waals surface area contributed by atoms with Crippen molar-refractivity contribution in [1.29, 1.82) is 0 Å². The largest absolute Gasteiger partial charge is 0.0651 e. The molecule has 0 saturated carbocycles. The monoisotopic (exact) mass is 677 g/mol. The van der Waals surface area contributed by atoms with Gasteiger partial charge in [-0.25, -0.2) is 0 Å². The van der Waals surface area contributed by atoms with Crippen LogP contribution in [0.15, 0.2) is 0 Å². The highest BCUT2D eigenvalue weighted by Crippen LogP contribution is 2.33. The Morgan fingerprint density at radius 2 is 0.542 bits per heavy atom. The molecular formula is C48H100. The van der Waals surface area contributed by atoms with Crippen molar-refractivity contribution in [1.82, 2.24) is 0 Å². The SMILES string of the molecule is CCC(C)CCCC(C)CCCC(CCCC(C)C)CC(C)(C)C.CCC(C)CCCC(CCCC(C)CCCC(C)C)CC(C)(C)C. The molecule has 0 aliphatic carbocycles. The van der Waals surface area contributed by atoms with Gasteiger partial charge in [-0.15, -0.1) is 0 Å². The Morgan fingerprint density at radius 3 is 0.792 bits per heavy atom. The van der Waals surface area contributed by atoms with Crippen molar-refractivity contribution in [2.24, 2.45) is 58.2 Å². The molecule has 0 aliphatic rings. The molecule has 0 bridgehead atoms. The van der Waals surface area contributed by atoms with E-state index in [1.54, 1.807) is 0 Å². The van der Waals surface area contributed by atoms with Gasteiger partial charge in [0, 0.05) is 0 Å². The fraction of sp³-hybridized carbons (Fsp3) is 1.00. The van der Waals surface area contributed by atoms with E-state index in [-0.39, 0.29) is 0 Å². The predicted octanol–water partition coefficient (Wildman–Crippen LogP) is 17.8. The topological polar surface area (TPSA) is 0 Å². The molecule has 0 aromatic heterocycles. The minimum Gasteiger partial charge on any atom is -0.0651 e. The van der Waals surface area contributed by atoms with Crippen LogP contribution in [-0.4, -0.2) is 0 Å². The lowest BCUT2D eigenvalue weighted by molar-refractivity contribution is 0.252. The van der Waals surface area contributed by atoms with Crippen LogP contribution in [0.4, 0.5) is 0 Å². The molecule has 6 atom stereocenters. The predicted molar refractivity (Wildman–Crippen MR) is 225 cm³/mol. The quantitative estimate of drug-likeness (QED) is 0.0773. The van der Waals surface area contributed by atoms with Gasteiger partial charge in [0.2, 0.25) is 0 Å². The van der Waals surface area contributed by atoms with Crippen molar-refractivity contribution in [3.63, 3.8) is 0 Å². The van der Waals surface area contributed by atoms with Crippen LogP contribution in [0.1, 0.15) is 252 Å². The lowest BCUT2D eigenvalue weighted by Crippen LogP contribution is -2.14. The van der Waals surface area contributed by atoms with Crippen LogP contribution in [-0.2, 0) is 0 Å². The fourth-order valence-electron chi connectivity index (χ4n) is 7.89. The minimum absolute atomic E-state index is 0.490. The van der Waals surface area contributed by atoms with Crippen molar-refractivity contribution >= 4 is 0 Å². The van der Waals surface area contributed by atoms with E-state index >= 15 is 0 Å². The Labute approximate surface area is 309 Å². The fourth-order valence-corrected chi connectivity index (χ4v) is 7.89. The van der Waals surface area contributed by atoms with Crippen molar-refractivity contribution in [2.75, 3.05) is 0 Å². The van der Waals surface area contributed by atoms with E-state index in [1.807, 2.05) is 0 Å². The standard InChI is InChI=1S/2C24H50/c1-9-21(4)14-11-15-22(5)16-12-18-23(19-24(6,7)8)17-10-13-20(2)3;1-9-21(4)14-11-17-23(19-24(6,7)8)18-12-16-22(5)15-10-13-20(2)3/h2*20-23H,9-19H2,1-8H3. The summed E-state index contributed by atoms with van der Waals surface area (Å²) >= 11 is 0. The lowest BCUT2D eigenvalue weighted by Gasteiger charge is -2.27. The van der Waals surface area contributed by atoms with Gasteiger partial charge in [0.05, 0.1) is 0 Å². The Balaban J connectivity index is 0. The van der Waals surface area contributed by atoms with Crippen LogP contribution in [0.5, 0.6) is 0 Å². The van der Waals surface area contributed by atoms with Gasteiger partial charge >= 0.3 is 0 Å². The minimum atomic E-state index is 0.490. The maximum atomic E-state index is 2.48. The molecule has 0 heterocycles. The van der Waals surface area contributed by atoms with E-state index < -0.39 is 0 Å². The first-order valence-electron chi connectivity index (χ1n) is 22.3. The lowest BCUT2D eigenvalue weighted by atomic mass is 9.79.